The molecule has 2 aromatic rings. The number of hydrogen-bond donors (Lipinski definition) is 2. The van der Waals surface area contributed by atoms with E-state index in [4.69, 9.17) is 0 Å². The summed E-state index contributed by atoms with van der Waals surface area (Å²) in [5.41, 5.74) is 3.89. The van der Waals surface area contributed by atoms with Crippen molar-refractivity contribution in [2.45, 2.75) is 50.9 Å². The van der Waals surface area contributed by atoms with Gasteiger partial charge in [-0.25, -0.2) is 0 Å². The average molecular weight is 366 g/mol. The van der Waals surface area contributed by atoms with Crippen molar-refractivity contribution in [1.29, 1.82) is 0 Å². The number of piperidine rings is 1. The van der Waals surface area contributed by atoms with Crippen LogP contribution in [0.5, 0.6) is 0 Å². The van der Waals surface area contributed by atoms with Gasteiger partial charge in [0.25, 0.3) is 0 Å². The minimum atomic E-state index is -0.136. The summed E-state index contributed by atoms with van der Waals surface area (Å²) in [6.45, 7) is 6.29. The summed E-state index contributed by atoms with van der Waals surface area (Å²) in [4.78, 5) is 4.99. The van der Waals surface area contributed by atoms with E-state index >= 15 is 0 Å². The van der Waals surface area contributed by atoms with Gasteiger partial charge in [0.15, 0.2) is 0 Å². The third-order valence-electron chi connectivity index (χ3n) is 6.00. The van der Waals surface area contributed by atoms with Crippen LogP contribution in [0, 0.1) is 0 Å². The molecule has 0 aliphatic carbocycles. The van der Waals surface area contributed by atoms with Gasteiger partial charge in [-0.15, -0.1) is 0 Å². The van der Waals surface area contributed by atoms with Crippen molar-refractivity contribution in [2.75, 3.05) is 29.9 Å². The van der Waals surface area contributed by atoms with Gasteiger partial charge in [0.1, 0.15) is 0 Å². The van der Waals surface area contributed by atoms with Gasteiger partial charge < -0.3 is 15.3 Å². The van der Waals surface area contributed by atoms with Crippen molar-refractivity contribution in [3.05, 3.63) is 60.2 Å². The zero-order chi connectivity index (χ0) is 18.6. The fraction of sp³-hybridized carbons (Fsp3) is 0.478. The lowest BCUT2D eigenvalue weighted by molar-refractivity contribution is 0.145. The smallest absolute Gasteiger partial charge is 0.0602 e. The van der Waals surface area contributed by atoms with Crippen LogP contribution in [0.1, 0.15) is 31.7 Å². The molecule has 2 aromatic carbocycles. The molecule has 27 heavy (non-hydrogen) atoms. The Bertz CT molecular complexity index is 727. The van der Waals surface area contributed by atoms with Crippen molar-refractivity contribution >= 4 is 11.4 Å². The molecule has 2 N–H and O–H groups in total. The Morgan fingerprint density at radius 1 is 1.00 bits per heavy atom. The fourth-order valence-corrected chi connectivity index (χ4v) is 4.44. The lowest BCUT2D eigenvalue weighted by Gasteiger charge is -2.33. The van der Waals surface area contributed by atoms with Gasteiger partial charge in [-0.2, -0.15) is 0 Å². The Kier molecular flexibility index (Phi) is 5.65. The molecule has 4 rings (SSSR count). The average Bonchev–Trinajstić information content (AvgIpc) is 3.03. The van der Waals surface area contributed by atoms with Gasteiger partial charge in [-0.3, -0.25) is 4.90 Å². The maximum atomic E-state index is 9.80. The summed E-state index contributed by atoms with van der Waals surface area (Å²) in [6.07, 6.45) is 2.75. The van der Waals surface area contributed by atoms with E-state index in [0.29, 0.717) is 12.1 Å². The number of rotatable bonds is 5. The molecular formula is C23H31N3O. The van der Waals surface area contributed by atoms with E-state index in [0.717, 1.165) is 39.0 Å². The van der Waals surface area contributed by atoms with Gasteiger partial charge in [0.05, 0.1) is 17.5 Å². The first-order chi connectivity index (χ1) is 13.2. The first-order valence-electron chi connectivity index (χ1n) is 10.3. The first kappa shape index (κ1) is 18.3. The second-order valence-corrected chi connectivity index (χ2v) is 8.08. The van der Waals surface area contributed by atoms with Gasteiger partial charge in [-0.05, 0) is 43.9 Å². The van der Waals surface area contributed by atoms with Crippen LogP contribution in [0.2, 0.25) is 0 Å². The standard InChI is InChI=1S/C23H31N3O/c1-18-15-20(17-26(18)16-19-7-3-2-4-8-19)24-22-9-5-6-10-23(22)25-13-11-21(27)12-14-25/h2-10,18,20-21,24,27H,11-17H2,1H3. The van der Waals surface area contributed by atoms with Crippen LogP contribution < -0.4 is 10.2 Å². The summed E-state index contributed by atoms with van der Waals surface area (Å²) in [6, 6.07) is 20.5. The molecule has 2 aliphatic rings. The van der Waals surface area contributed by atoms with Crippen molar-refractivity contribution in [1.82, 2.24) is 4.90 Å². The zero-order valence-electron chi connectivity index (χ0n) is 16.2. The largest absolute Gasteiger partial charge is 0.393 e. The summed E-state index contributed by atoms with van der Waals surface area (Å²) in [5.74, 6) is 0. The number of benzene rings is 2. The van der Waals surface area contributed by atoms with Crippen LogP contribution >= 0.6 is 0 Å². The molecule has 0 aromatic heterocycles. The van der Waals surface area contributed by atoms with E-state index < -0.39 is 0 Å². The van der Waals surface area contributed by atoms with Gasteiger partial charge >= 0.3 is 0 Å². The monoisotopic (exact) mass is 365 g/mol. The number of anilines is 2. The van der Waals surface area contributed by atoms with E-state index in [1.54, 1.807) is 0 Å². The Labute approximate surface area is 162 Å². The van der Waals surface area contributed by atoms with Gasteiger partial charge in [0.2, 0.25) is 0 Å². The molecule has 0 spiro atoms. The maximum Gasteiger partial charge on any atom is 0.0602 e. The molecular weight excluding hydrogens is 334 g/mol. The molecule has 2 aliphatic heterocycles. The van der Waals surface area contributed by atoms with Crippen LogP contribution in [-0.4, -0.2) is 47.8 Å². The summed E-state index contributed by atoms with van der Waals surface area (Å²) >= 11 is 0. The molecule has 4 heteroatoms. The topological polar surface area (TPSA) is 38.7 Å². The van der Waals surface area contributed by atoms with Crippen LogP contribution in [0.15, 0.2) is 54.6 Å². The van der Waals surface area contributed by atoms with E-state index in [-0.39, 0.29) is 6.10 Å². The van der Waals surface area contributed by atoms with Crippen LogP contribution in [-0.2, 0) is 6.54 Å². The van der Waals surface area contributed by atoms with E-state index in [9.17, 15) is 5.11 Å². The molecule has 2 fully saturated rings. The zero-order valence-corrected chi connectivity index (χ0v) is 16.2. The fourth-order valence-electron chi connectivity index (χ4n) is 4.44. The molecule has 4 nitrogen and oxygen atoms in total. The van der Waals surface area contributed by atoms with E-state index in [1.165, 1.54) is 23.4 Å². The number of nitrogens with one attached hydrogen (secondary N) is 1. The highest BCUT2D eigenvalue weighted by Gasteiger charge is 2.29. The quantitative estimate of drug-likeness (QED) is 0.847. The van der Waals surface area contributed by atoms with E-state index in [2.05, 4.69) is 76.6 Å². The summed E-state index contributed by atoms with van der Waals surface area (Å²) in [7, 11) is 0. The number of hydrogen-bond acceptors (Lipinski definition) is 4. The summed E-state index contributed by atoms with van der Waals surface area (Å²) < 4.78 is 0. The Morgan fingerprint density at radius 3 is 2.48 bits per heavy atom. The van der Waals surface area contributed by atoms with Crippen LogP contribution in [0.25, 0.3) is 0 Å². The maximum absolute atomic E-state index is 9.80. The number of aliphatic hydroxyl groups is 1. The van der Waals surface area contributed by atoms with Crippen LogP contribution in [0.4, 0.5) is 11.4 Å². The van der Waals surface area contributed by atoms with Crippen LogP contribution in [0.3, 0.4) is 0 Å². The second-order valence-electron chi connectivity index (χ2n) is 8.08. The molecule has 0 amide bonds. The SMILES string of the molecule is CC1CC(Nc2ccccc2N2CCC(O)CC2)CN1Cc1ccccc1. The molecule has 0 bridgehead atoms. The molecule has 2 atom stereocenters. The predicted octanol–water partition coefficient (Wildman–Crippen LogP) is 3.72. The summed E-state index contributed by atoms with van der Waals surface area (Å²) in [5, 5.41) is 13.6. The van der Waals surface area contributed by atoms with Crippen molar-refractivity contribution in [3.63, 3.8) is 0 Å². The van der Waals surface area contributed by atoms with Gasteiger partial charge in [0, 0.05) is 38.3 Å². The molecule has 0 saturated carbocycles. The number of likely N-dealkylation sites (tertiary alicyclic amines) is 1. The number of para-hydroxylation sites is 2. The Balaban J connectivity index is 1.41. The lowest BCUT2D eigenvalue weighted by Crippen LogP contribution is -2.36. The first-order valence-corrected chi connectivity index (χ1v) is 10.3. The minimum Gasteiger partial charge on any atom is -0.393 e. The molecule has 2 saturated heterocycles. The van der Waals surface area contributed by atoms with Crippen molar-refractivity contribution < 1.29 is 5.11 Å². The molecule has 2 heterocycles. The van der Waals surface area contributed by atoms with Crippen molar-refractivity contribution in [3.8, 4) is 0 Å². The number of aliphatic hydroxyl groups excluding tert-OH is 1. The second kappa shape index (κ2) is 8.32. The third kappa shape index (κ3) is 4.45. The molecule has 0 radical (unpaired) electrons. The number of nitrogens with zero attached hydrogens (tertiary/aromatic N) is 2. The van der Waals surface area contributed by atoms with Crippen molar-refractivity contribution in [2.24, 2.45) is 0 Å². The highest BCUT2D eigenvalue weighted by molar-refractivity contribution is 5.70. The lowest BCUT2D eigenvalue weighted by atomic mass is 10.1. The Hall–Kier alpha value is -2.04. The highest BCUT2D eigenvalue weighted by atomic mass is 16.3. The Morgan fingerprint density at radius 2 is 1.70 bits per heavy atom. The highest BCUT2D eigenvalue weighted by Crippen LogP contribution is 2.31. The minimum absolute atomic E-state index is 0.136. The van der Waals surface area contributed by atoms with Gasteiger partial charge in [-0.1, -0.05) is 42.5 Å². The van der Waals surface area contributed by atoms with E-state index in [1.807, 2.05) is 0 Å². The normalized spacial score (nSPS) is 24.3. The molecule has 2 unspecified atom stereocenters. The predicted molar refractivity (Wildman–Crippen MR) is 112 cm³/mol. The molecule has 144 valence electrons. The third-order valence-corrected chi connectivity index (χ3v) is 6.00.